The molecule has 0 aliphatic heterocycles. The molecule has 0 radical (unpaired) electrons. The molecule has 0 heterocycles. The lowest BCUT2D eigenvalue weighted by Gasteiger charge is -2.05. The molecular formula is C10H14S. The van der Waals surface area contributed by atoms with Crippen LogP contribution in [0.25, 0.3) is 0 Å². The average Bonchev–Trinajstić information content (AvgIpc) is 2.05. The van der Waals surface area contributed by atoms with Crippen molar-refractivity contribution in [2.24, 2.45) is 0 Å². The third-order valence-electron chi connectivity index (χ3n) is 1.96. The second-order valence-electron chi connectivity index (χ2n) is 2.63. The van der Waals surface area contributed by atoms with E-state index in [1.54, 1.807) is 0 Å². The zero-order valence-corrected chi connectivity index (χ0v) is 7.99. The van der Waals surface area contributed by atoms with Crippen molar-refractivity contribution in [1.29, 1.82) is 0 Å². The summed E-state index contributed by atoms with van der Waals surface area (Å²) >= 11 is 4.47. The molecule has 0 fully saturated rings. The summed E-state index contributed by atoms with van der Waals surface area (Å²) in [5.41, 5.74) is 2.71. The van der Waals surface area contributed by atoms with E-state index in [-0.39, 0.29) is 0 Å². The van der Waals surface area contributed by atoms with Gasteiger partial charge in [0.2, 0.25) is 0 Å². The maximum Gasteiger partial charge on any atom is 0.0104 e. The fourth-order valence-corrected chi connectivity index (χ4v) is 1.68. The van der Waals surface area contributed by atoms with Crippen LogP contribution in [0.3, 0.4) is 0 Å². The smallest absolute Gasteiger partial charge is 0.0104 e. The van der Waals surface area contributed by atoms with Gasteiger partial charge in [0.05, 0.1) is 0 Å². The topological polar surface area (TPSA) is 0 Å². The number of hydrogen-bond donors (Lipinski definition) is 1. The van der Waals surface area contributed by atoms with E-state index in [1.165, 1.54) is 16.0 Å². The second kappa shape index (κ2) is 3.82. The van der Waals surface area contributed by atoms with Crippen LogP contribution in [0.15, 0.2) is 23.1 Å². The average molecular weight is 166 g/mol. The number of hydrogen-bond acceptors (Lipinski definition) is 1. The van der Waals surface area contributed by atoms with Gasteiger partial charge in [-0.2, -0.15) is 0 Å². The Morgan fingerprint density at radius 2 is 1.55 bits per heavy atom. The molecule has 0 saturated heterocycles. The van der Waals surface area contributed by atoms with Gasteiger partial charge >= 0.3 is 0 Å². The lowest BCUT2D eigenvalue weighted by atomic mass is 10.1. The lowest BCUT2D eigenvalue weighted by molar-refractivity contribution is 1.01. The SMILES string of the molecule is CCc1cccc(CC)c1S. The van der Waals surface area contributed by atoms with E-state index >= 15 is 0 Å². The summed E-state index contributed by atoms with van der Waals surface area (Å²) in [6, 6.07) is 6.39. The summed E-state index contributed by atoms with van der Waals surface area (Å²) in [5.74, 6) is 0. The van der Waals surface area contributed by atoms with Gasteiger partial charge < -0.3 is 0 Å². The van der Waals surface area contributed by atoms with Crippen molar-refractivity contribution in [3.05, 3.63) is 29.3 Å². The molecule has 0 N–H and O–H groups in total. The second-order valence-corrected chi connectivity index (χ2v) is 3.08. The minimum Gasteiger partial charge on any atom is -0.143 e. The minimum absolute atomic E-state index is 1.08. The van der Waals surface area contributed by atoms with E-state index in [1.807, 2.05) is 0 Å². The van der Waals surface area contributed by atoms with Crippen LogP contribution in [-0.2, 0) is 12.8 Å². The Morgan fingerprint density at radius 3 is 1.91 bits per heavy atom. The molecule has 0 amide bonds. The molecule has 60 valence electrons. The fourth-order valence-electron chi connectivity index (χ4n) is 1.22. The van der Waals surface area contributed by atoms with Crippen molar-refractivity contribution < 1.29 is 0 Å². The van der Waals surface area contributed by atoms with E-state index < -0.39 is 0 Å². The van der Waals surface area contributed by atoms with Gasteiger partial charge in [-0.25, -0.2) is 0 Å². The summed E-state index contributed by atoms with van der Waals surface area (Å²) in [5, 5.41) is 0. The molecule has 1 rings (SSSR count). The van der Waals surface area contributed by atoms with Crippen LogP contribution in [0.4, 0.5) is 0 Å². The third kappa shape index (κ3) is 1.78. The van der Waals surface area contributed by atoms with Crippen molar-refractivity contribution in [3.8, 4) is 0 Å². The molecule has 1 aromatic rings. The van der Waals surface area contributed by atoms with Crippen LogP contribution in [-0.4, -0.2) is 0 Å². The zero-order valence-electron chi connectivity index (χ0n) is 7.09. The quantitative estimate of drug-likeness (QED) is 0.641. The first kappa shape index (κ1) is 8.66. The van der Waals surface area contributed by atoms with Crippen LogP contribution >= 0.6 is 12.6 Å². The summed E-state index contributed by atoms with van der Waals surface area (Å²) in [6.07, 6.45) is 2.15. The Morgan fingerprint density at radius 1 is 1.09 bits per heavy atom. The van der Waals surface area contributed by atoms with E-state index in [0.717, 1.165) is 12.8 Å². The fraction of sp³-hybridized carbons (Fsp3) is 0.400. The zero-order chi connectivity index (χ0) is 8.27. The first-order valence-corrected chi connectivity index (χ1v) is 4.54. The monoisotopic (exact) mass is 166 g/mol. The standard InChI is InChI=1S/C10H14S/c1-3-8-6-5-7-9(4-2)10(8)11/h5-7,11H,3-4H2,1-2H3. The molecule has 0 unspecified atom stereocenters. The molecule has 0 saturated carbocycles. The predicted molar refractivity (Wildman–Crippen MR) is 52.5 cm³/mol. The van der Waals surface area contributed by atoms with Crippen LogP contribution in [0.2, 0.25) is 0 Å². The summed E-state index contributed by atoms with van der Waals surface area (Å²) in [7, 11) is 0. The molecule has 0 aliphatic carbocycles. The summed E-state index contributed by atoms with van der Waals surface area (Å²) in [6.45, 7) is 4.32. The van der Waals surface area contributed by atoms with E-state index in [9.17, 15) is 0 Å². The molecule has 1 heteroatoms. The molecule has 11 heavy (non-hydrogen) atoms. The largest absolute Gasteiger partial charge is 0.143 e. The maximum atomic E-state index is 4.47. The maximum absolute atomic E-state index is 4.47. The van der Waals surface area contributed by atoms with Crippen LogP contribution in [0.5, 0.6) is 0 Å². The van der Waals surface area contributed by atoms with Gasteiger partial charge in [0.25, 0.3) is 0 Å². The van der Waals surface area contributed by atoms with Crippen LogP contribution in [0.1, 0.15) is 25.0 Å². The minimum atomic E-state index is 1.08. The van der Waals surface area contributed by atoms with Crippen LogP contribution < -0.4 is 0 Å². The molecule has 0 bridgehead atoms. The van der Waals surface area contributed by atoms with Gasteiger partial charge in [-0.05, 0) is 24.0 Å². The Hall–Kier alpha value is -0.430. The van der Waals surface area contributed by atoms with E-state index in [2.05, 4.69) is 44.7 Å². The summed E-state index contributed by atoms with van der Waals surface area (Å²) in [4.78, 5) is 1.18. The van der Waals surface area contributed by atoms with Gasteiger partial charge in [-0.1, -0.05) is 32.0 Å². The Labute approximate surface area is 74.0 Å². The van der Waals surface area contributed by atoms with Crippen molar-refractivity contribution in [2.75, 3.05) is 0 Å². The Kier molecular flexibility index (Phi) is 3.01. The van der Waals surface area contributed by atoms with Gasteiger partial charge in [0, 0.05) is 4.90 Å². The molecule has 0 aliphatic rings. The highest BCUT2D eigenvalue weighted by atomic mass is 32.1. The number of thiol groups is 1. The van der Waals surface area contributed by atoms with Crippen LogP contribution in [0, 0.1) is 0 Å². The Balaban J connectivity index is 3.10. The molecule has 0 nitrogen and oxygen atoms in total. The predicted octanol–water partition coefficient (Wildman–Crippen LogP) is 3.10. The number of rotatable bonds is 2. The third-order valence-corrected chi connectivity index (χ3v) is 2.54. The molecule has 0 aromatic heterocycles. The van der Waals surface area contributed by atoms with Gasteiger partial charge in [0.15, 0.2) is 0 Å². The highest BCUT2D eigenvalue weighted by Gasteiger charge is 1.99. The van der Waals surface area contributed by atoms with Crippen molar-refractivity contribution in [1.82, 2.24) is 0 Å². The lowest BCUT2D eigenvalue weighted by Crippen LogP contribution is -1.88. The molecule has 1 aromatic carbocycles. The Bertz CT molecular complexity index is 218. The summed E-state index contributed by atoms with van der Waals surface area (Å²) < 4.78 is 0. The van der Waals surface area contributed by atoms with Gasteiger partial charge in [0.1, 0.15) is 0 Å². The van der Waals surface area contributed by atoms with Gasteiger partial charge in [-0.3, -0.25) is 0 Å². The highest BCUT2D eigenvalue weighted by Crippen LogP contribution is 2.19. The van der Waals surface area contributed by atoms with Crippen molar-refractivity contribution in [3.63, 3.8) is 0 Å². The van der Waals surface area contributed by atoms with E-state index in [0.29, 0.717) is 0 Å². The molecular weight excluding hydrogens is 152 g/mol. The van der Waals surface area contributed by atoms with Crippen molar-refractivity contribution in [2.45, 2.75) is 31.6 Å². The first-order valence-electron chi connectivity index (χ1n) is 4.09. The number of aryl methyl sites for hydroxylation is 2. The highest BCUT2D eigenvalue weighted by molar-refractivity contribution is 7.80. The molecule has 0 spiro atoms. The van der Waals surface area contributed by atoms with E-state index in [4.69, 9.17) is 0 Å². The van der Waals surface area contributed by atoms with Gasteiger partial charge in [-0.15, -0.1) is 12.6 Å². The normalized spacial score (nSPS) is 10.1. The van der Waals surface area contributed by atoms with Crippen molar-refractivity contribution >= 4 is 12.6 Å². The molecule has 0 atom stereocenters. The number of benzene rings is 1. The first-order chi connectivity index (χ1) is 5.29.